The Morgan fingerprint density at radius 2 is 2.00 bits per heavy atom. The Bertz CT molecular complexity index is 197. The van der Waals surface area contributed by atoms with Crippen molar-refractivity contribution in [3.8, 4) is 0 Å². The SMILES string of the molecule is C=CCCCCCC(=O)C(C)(C)NCC. The molecule has 0 bridgehead atoms. The fraction of sp³-hybridized carbons (Fsp3) is 0.769. The number of carbonyl (C=O) groups excluding carboxylic acids is 1. The summed E-state index contributed by atoms with van der Waals surface area (Å²) in [5.41, 5.74) is -0.354. The van der Waals surface area contributed by atoms with Crippen LogP contribution in [0.1, 0.15) is 52.9 Å². The van der Waals surface area contributed by atoms with E-state index < -0.39 is 0 Å². The number of hydrogen-bond acceptors (Lipinski definition) is 2. The van der Waals surface area contributed by atoms with E-state index in [9.17, 15) is 4.79 Å². The molecule has 0 atom stereocenters. The smallest absolute Gasteiger partial charge is 0.152 e. The molecule has 0 unspecified atom stereocenters. The van der Waals surface area contributed by atoms with Crippen LogP contribution in [0.15, 0.2) is 12.7 Å². The fourth-order valence-electron chi connectivity index (χ4n) is 1.60. The lowest BCUT2D eigenvalue weighted by Crippen LogP contribution is -2.46. The Labute approximate surface area is 94.1 Å². The number of rotatable bonds is 9. The van der Waals surface area contributed by atoms with Gasteiger partial charge in [-0.2, -0.15) is 0 Å². The first-order chi connectivity index (χ1) is 7.04. The average Bonchev–Trinajstić information content (AvgIpc) is 2.17. The largest absolute Gasteiger partial charge is 0.306 e. The summed E-state index contributed by atoms with van der Waals surface area (Å²) in [6, 6.07) is 0. The van der Waals surface area contributed by atoms with Gasteiger partial charge in [0.25, 0.3) is 0 Å². The normalized spacial score (nSPS) is 11.4. The second-order valence-electron chi connectivity index (χ2n) is 4.47. The Balaban J connectivity index is 3.68. The lowest BCUT2D eigenvalue weighted by molar-refractivity contribution is -0.124. The topological polar surface area (TPSA) is 29.1 Å². The molecule has 0 radical (unpaired) electrons. The van der Waals surface area contributed by atoms with E-state index in [4.69, 9.17) is 0 Å². The summed E-state index contributed by atoms with van der Waals surface area (Å²) < 4.78 is 0. The molecule has 0 fully saturated rings. The Hall–Kier alpha value is -0.630. The van der Waals surface area contributed by atoms with Crippen LogP contribution in [0, 0.1) is 0 Å². The van der Waals surface area contributed by atoms with Gasteiger partial charge in [0.05, 0.1) is 5.54 Å². The van der Waals surface area contributed by atoms with Crippen molar-refractivity contribution < 1.29 is 4.79 Å². The summed E-state index contributed by atoms with van der Waals surface area (Å²) in [6.07, 6.45) is 6.96. The highest BCUT2D eigenvalue weighted by Crippen LogP contribution is 2.11. The van der Waals surface area contributed by atoms with Crippen molar-refractivity contribution in [2.75, 3.05) is 6.54 Å². The number of nitrogens with one attached hydrogen (secondary N) is 1. The van der Waals surface area contributed by atoms with Gasteiger partial charge in [-0.3, -0.25) is 4.79 Å². The van der Waals surface area contributed by atoms with Crippen LogP contribution in [0.5, 0.6) is 0 Å². The molecule has 0 aliphatic rings. The summed E-state index contributed by atoms with van der Waals surface area (Å²) in [7, 11) is 0. The summed E-state index contributed by atoms with van der Waals surface area (Å²) >= 11 is 0. The fourth-order valence-corrected chi connectivity index (χ4v) is 1.60. The summed E-state index contributed by atoms with van der Waals surface area (Å²) in [6.45, 7) is 10.5. The minimum atomic E-state index is -0.354. The second kappa shape index (κ2) is 7.63. The average molecular weight is 211 g/mol. The van der Waals surface area contributed by atoms with E-state index in [2.05, 4.69) is 11.9 Å². The third-order valence-corrected chi connectivity index (χ3v) is 2.63. The Morgan fingerprint density at radius 1 is 1.33 bits per heavy atom. The monoisotopic (exact) mass is 211 g/mol. The summed E-state index contributed by atoms with van der Waals surface area (Å²) in [4.78, 5) is 11.8. The standard InChI is InChI=1S/C13H25NO/c1-5-7-8-9-10-11-12(15)13(3,4)14-6-2/h5,14H,1,6-11H2,2-4H3. The van der Waals surface area contributed by atoms with Crippen LogP contribution >= 0.6 is 0 Å². The maximum atomic E-state index is 11.8. The Morgan fingerprint density at radius 3 is 2.53 bits per heavy atom. The predicted molar refractivity (Wildman–Crippen MR) is 66.0 cm³/mol. The van der Waals surface area contributed by atoms with Crippen molar-refractivity contribution in [1.82, 2.24) is 5.32 Å². The molecule has 0 heterocycles. The van der Waals surface area contributed by atoms with Gasteiger partial charge in [0.2, 0.25) is 0 Å². The highest BCUT2D eigenvalue weighted by Gasteiger charge is 2.24. The first kappa shape index (κ1) is 14.4. The molecule has 2 nitrogen and oxygen atoms in total. The van der Waals surface area contributed by atoms with Crippen LogP contribution in [-0.2, 0) is 4.79 Å². The van der Waals surface area contributed by atoms with Gasteiger partial charge in [0.15, 0.2) is 5.78 Å². The van der Waals surface area contributed by atoms with Gasteiger partial charge >= 0.3 is 0 Å². The van der Waals surface area contributed by atoms with Crippen molar-refractivity contribution >= 4 is 5.78 Å². The van der Waals surface area contributed by atoms with Gasteiger partial charge in [-0.15, -0.1) is 6.58 Å². The maximum Gasteiger partial charge on any atom is 0.152 e. The Kier molecular flexibility index (Phi) is 7.31. The van der Waals surface area contributed by atoms with Gasteiger partial charge in [-0.1, -0.05) is 19.4 Å². The number of carbonyl (C=O) groups is 1. The quantitative estimate of drug-likeness (QED) is 0.469. The van der Waals surface area contributed by atoms with Crippen molar-refractivity contribution in [3.05, 3.63) is 12.7 Å². The molecule has 0 aromatic carbocycles. The van der Waals surface area contributed by atoms with Crippen LogP contribution in [0.2, 0.25) is 0 Å². The third kappa shape index (κ3) is 6.45. The van der Waals surface area contributed by atoms with E-state index in [-0.39, 0.29) is 5.54 Å². The molecule has 15 heavy (non-hydrogen) atoms. The summed E-state index contributed by atoms with van der Waals surface area (Å²) in [5.74, 6) is 0.322. The van der Waals surface area contributed by atoms with Crippen LogP contribution < -0.4 is 5.32 Å². The van der Waals surface area contributed by atoms with Crippen molar-refractivity contribution in [2.24, 2.45) is 0 Å². The minimum Gasteiger partial charge on any atom is -0.306 e. The van der Waals surface area contributed by atoms with Gasteiger partial charge in [0.1, 0.15) is 0 Å². The molecule has 0 aromatic rings. The zero-order valence-electron chi connectivity index (χ0n) is 10.4. The minimum absolute atomic E-state index is 0.322. The zero-order valence-corrected chi connectivity index (χ0v) is 10.4. The number of allylic oxidation sites excluding steroid dienone is 1. The molecular weight excluding hydrogens is 186 g/mol. The van der Waals surface area contributed by atoms with Gasteiger partial charge in [-0.05, 0) is 39.7 Å². The van der Waals surface area contributed by atoms with E-state index in [0.717, 1.165) is 32.2 Å². The first-order valence-corrected chi connectivity index (χ1v) is 5.93. The van der Waals surface area contributed by atoms with Crippen molar-refractivity contribution in [2.45, 2.75) is 58.4 Å². The lowest BCUT2D eigenvalue weighted by Gasteiger charge is -2.23. The number of hydrogen-bond donors (Lipinski definition) is 1. The third-order valence-electron chi connectivity index (χ3n) is 2.63. The predicted octanol–water partition coefficient (Wildman–Crippen LogP) is 3.08. The van der Waals surface area contributed by atoms with Crippen LogP contribution in [0.3, 0.4) is 0 Å². The van der Waals surface area contributed by atoms with Crippen LogP contribution in [0.25, 0.3) is 0 Å². The number of likely N-dealkylation sites (N-methyl/N-ethyl adjacent to an activating group) is 1. The highest BCUT2D eigenvalue weighted by molar-refractivity contribution is 5.87. The molecule has 2 heteroatoms. The van der Waals surface area contributed by atoms with E-state index in [1.54, 1.807) is 0 Å². The first-order valence-electron chi connectivity index (χ1n) is 5.93. The molecular formula is C13H25NO. The van der Waals surface area contributed by atoms with E-state index in [1.165, 1.54) is 0 Å². The molecule has 88 valence electrons. The van der Waals surface area contributed by atoms with Gasteiger partial charge in [0, 0.05) is 6.42 Å². The van der Waals surface area contributed by atoms with Crippen molar-refractivity contribution in [1.29, 1.82) is 0 Å². The van der Waals surface area contributed by atoms with E-state index in [1.807, 2.05) is 26.8 Å². The van der Waals surface area contributed by atoms with E-state index >= 15 is 0 Å². The number of ketones is 1. The maximum absolute atomic E-state index is 11.8. The molecule has 0 aliphatic carbocycles. The van der Waals surface area contributed by atoms with E-state index in [0.29, 0.717) is 12.2 Å². The molecule has 0 spiro atoms. The molecule has 0 amide bonds. The number of Topliss-reactive ketones (excluding diaryl/α,β-unsaturated/α-hetero) is 1. The molecule has 1 N–H and O–H groups in total. The molecule has 0 saturated carbocycles. The molecule has 0 aliphatic heterocycles. The second-order valence-corrected chi connectivity index (χ2v) is 4.47. The highest BCUT2D eigenvalue weighted by atomic mass is 16.1. The number of unbranched alkanes of at least 4 members (excludes halogenated alkanes) is 3. The van der Waals surface area contributed by atoms with Gasteiger partial charge in [-0.25, -0.2) is 0 Å². The molecule has 0 saturated heterocycles. The molecule has 0 aromatic heterocycles. The van der Waals surface area contributed by atoms with Crippen molar-refractivity contribution in [3.63, 3.8) is 0 Å². The van der Waals surface area contributed by atoms with Crippen LogP contribution in [0.4, 0.5) is 0 Å². The van der Waals surface area contributed by atoms with Crippen LogP contribution in [-0.4, -0.2) is 17.9 Å². The summed E-state index contributed by atoms with van der Waals surface area (Å²) in [5, 5.41) is 3.21. The zero-order chi connectivity index (χ0) is 11.7. The lowest BCUT2D eigenvalue weighted by atomic mass is 9.94. The molecule has 0 rings (SSSR count). The van der Waals surface area contributed by atoms with Gasteiger partial charge < -0.3 is 5.32 Å².